The molecule has 0 radical (unpaired) electrons. The van der Waals surface area contributed by atoms with Crippen LogP contribution in [0, 0.1) is 0 Å². The van der Waals surface area contributed by atoms with Gasteiger partial charge in [0.05, 0.1) is 3.79 Å². The van der Waals surface area contributed by atoms with Crippen molar-refractivity contribution in [2.45, 2.75) is 18.9 Å². The molecular formula is C14H15Br2NS. The average molecular weight is 389 g/mol. The predicted octanol–water partition coefficient (Wildman–Crippen LogP) is 5.17. The molecule has 1 unspecified atom stereocenters. The summed E-state index contributed by atoms with van der Waals surface area (Å²) < 4.78 is 2.31. The number of halogens is 2. The van der Waals surface area contributed by atoms with Gasteiger partial charge in [0.1, 0.15) is 0 Å². The van der Waals surface area contributed by atoms with Gasteiger partial charge in [-0.15, -0.1) is 11.3 Å². The van der Waals surface area contributed by atoms with Gasteiger partial charge in [-0.1, -0.05) is 30.3 Å². The fraction of sp³-hybridized carbons (Fsp3) is 0.286. The molecule has 96 valence electrons. The Kier molecular flexibility index (Phi) is 5.42. The summed E-state index contributed by atoms with van der Waals surface area (Å²) in [5.74, 6) is 0. The Hall–Kier alpha value is -0.160. The quantitative estimate of drug-likeness (QED) is 0.745. The Balaban J connectivity index is 2.02. The molecule has 18 heavy (non-hydrogen) atoms. The summed E-state index contributed by atoms with van der Waals surface area (Å²) in [5.41, 5.74) is 1.40. The highest BCUT2D eigenvalue weighted by Crippen LogP contribution is 2.36. The first-order chi connectivity index (χ1) is 8.70. The standard InChI is InChI=1S/C14H15Br2NS/c1-17-12(13-9-11(15)14(16)18-13)8-7-10-5-3-2-4-6-10/h2-6,9,12,17H,7-8H2,1H3. The molecule has 1 aromatic carbocycles. The molecule has 0 fully saturated rings. The topological polar surface area (TPSA) is 12.0 Å². The monoisotopic (exact) mass is 387 g/mol. The third-order valence-corrected chi connectivity index (χ3v) is 6.29. The van der Waals surface area contributed by atoms with E-state index in [2.05, 4.69) is 73.6 Å². The lowest BCUT2D eigenvalue weighted by Crippen LogP contribution is -2.15. The van der Waals surface area contributed by atoms with Gasteiger partial charge in [-0.05, 0) is 63.4 Å². The first-order valence-electron chi connectivity index (χ1n) is 5.86. The highest BCUT2D eigenvalue weighted by Gasteiger charge is 2.14. The number of hydrogen-bond donors (Lipinski definition) is 1. The van der Waals surface area contributed by atoms with Crippen LogP contribution in [0.25, 0.3) is 0 Å². The number of nitrogens with one attached hydrogen (secondary N) is 1. The summed E-state index contributed by atoms with van der Waals surface area (Å²) in [6.07, 6.45) is 2.21. The molecule has 1 nitrogen and oxygen atoms in total. The molecule has 2 aromatic rings. The van der Waals surface area contributed by atoms with E-state index in [9.17, 15) is 0 Å². The van der Waals surface area contributed by atoms with Crippen LogP contribution in [0.4, 0.5) is 0 Å². The van der Waals surface area contributed by atoms with Gasteiger partial charge in [0.25, 0.3) is 0 Å². The van der Waals surface area contributed by atoms with E-state index < -0.39 is 0 Å². The Morgan fingerprint density at radius 1 is 1.22 bits per heavy atom. The lowest BCUT2D eigenvalue weighted by atomic mass is 10.0. The van der Waals surface area contributed by atoms with Crippen molar-refractivity contribution in [2.75, 3.05) is 7.05 Å². The second-order valence-corrected chi connectivity index (χ2v) is 7.39. The lowest BCUT2D eigenvalue weighted by molar-refractivity contribution is 0.558. The summed E-state index contributed by atoms with van der Waals surface area (Å²) in [6, 6.07) is 13.2. The van der Waals surface area contributed by atoms with E-state index >= 15 is 0 Å². The van der Waals surface area contributed by atoms with Crippen LogP contribution in [-0.2, 0) is 6.42 Å². The molecule has 0 amide bonds. The maximum Gasteiger partial charge on any atom is 0.0843 e. The second-order valence-electron chi connectivity index (χ2n) is 4.14. The SMILES string of the molecule is CNC(CCc1ccccc1)c1cc(Br)c(Br)s1. The van der Waals surface area contributed by atoms with Crippen molar-refractivity contribution >= 4 is 43.2 Å². The third-order valence-electron chi connectivity index (χ3n) is 2.92. The molecule has 0 saturated carbocycles. The van der Waals surface area contributed by atoms with E-state index in [0.29, 0.717) is 6.04 Å². The van der Waals surface area contributed by atoms with Crippen molar-refractivity contribution in [3.8, 4) is 0 Å². The van der Waals surface area contributed by atoms with Crippen LogP contribution in [0.5, 0.6) is 0 Å². The Morgan fingerprint density at radius 2 is 1.94 bits per heavy atom. The van der Waals surface area contributed by atoms with Gasteiger partial charge in [-0.25, -0.2) is 0 Å². The number of aryl methyl sites for hydroxylation is 1. The zero-order valence-electron chi connectivity index (χ0n) is 10.1. The van der Waals surface area contributed by atoms with E-state index in [1.165, 1.54) is 10.4 Å². The zero-order chi connectivity index (χ0) is 13.0. The van der Waals surface area contributed by atoms with Gasteiger partial charge in [0.15, 0.2) is 0 Å². The molecule has 0 aliphatic carbocycles. The van der Waals surface area contributed by atoms with E-state index in [1.807, 2.05) is 7.05 Å². The molecule has 0 bridgehead atoms. The van der Waals surface area contributed by atoms with Crippen molar-refractivity contribution in [3.63, 3.8) is 0 Å². The molecule has 0 aliphatic rings. The van der Waals surface area contributed by atoms with Crippen molar-refractivity contribution in [1.29, 1.82) is 0 Å². The highest BCUT2D eigenvalue weighted by molar-refractivity contribution is 9.13. The Bertz CT molecular complexity index is 476. The van der Waals surface area contributed by atoms with Crippen LogP contribution in [0.1, 0.15) is 22.9 Å². The molecule has 1 aromatic heterocycles. The third kappa shape index (κ3) is 3.67. The molecule has 4 heteroatoms. The first kappa shape index (κ1) is 14.3. The summed E-state index contributed by atoms with van der Waals surface area (Å²) in [4.78, 5) is 1.37. The fourth-order valence-electron chi connectivity index (χ4n) is 1.92. The van der Waals surface area contributed by atoms with Crippen LogP contribution in [0.15, 0.2) is 44.7 Å². The molecule has 1 N–H and O–H groups in total. The van der Waals surface area contributed by atoms with Crippen LogP contribution in [-0.4, -0.2) is 7.05 Å². The minimum atomic E-state index is 0.415. The fourth-order valence-corrected chi connectivity index (χ4v) is 4.15. The first-order valence-corrected chi connectivity index (χ1v) is 8.27. The maximum atomic E-state index is 3.55. The Labute approximate surface area is 129 Å². The van der Waals surface area contributed by atoms with Gasteiger partial charge in [0.2, 0.25) is 0 Å². The van der Waals surface area contributed by atoms with Crippen LogP contribution in [0.3, 0.4) is 0 Å². The minimum absolute atomic E-state index is 0.415. The van der Waals surface area contributed by atoms with Crippen LogP contribution in [0.2, 0.25) is 0 Å². The molecule has 1 atom stereocenters. The number of hydrogen-bond acceptors (Lipinski definition) is 2. The zero-order valence-corrected chi connectivity index (χ0v) is 14.1. The van der Waals surface area contributed by atoms with Crippen molar-refractivity contribution in [3.05, 3.63) is 55.1 Å². The molecular weight excluding hydrogens is 374 g/mol. The molecule has 0 saturated heterocycles. The van der Waals surface area contributed by atoms with E-state index in [4.69, 9.17) is 0 Å². The number of rotatable bonds is 5. The molecule has 0 aliphatic heterocycles. The van der Waals surface area contributed by atoms with Crippen LogP contribution < -0.4 is 5.32 Å². The smallest absolute Gasteiger partial charge is 0.0843 e. The summed E-state index contributed by atoms with van der Waals surface area (Å²) >= 11 is 8.89. The molecule has 1 heterocycles. The van der Waals surface area contributed by atoms with Crippen LogP contribution >= 0.6 is 43.2 Å². The second kappa shape index (κ2) is 6.85. The van der Waals surface area contributed by atoms with E-state index in [0.717, 1.165) is 21.1 Å². The highest BCUT2D eigenvalue weighted by atomic mass is 79.9. The average Bonchev–Trinajstić information content (AvgIpc) is 2.71. The molecule has 0 spiro atoms. The van der Waals surface area contributed by atoms with Gasteiger partial charge in [0, 0.05) is 15.4 Å². The minimum Gasteiger partial charge on any atom is -0.312 e. The van der Waals surface area contributed by atoms with E-state index in [1.54, 1.807) is 11.3 Å². The van der Waals surface area contributed by atoms with Gasteiger partial charge in [-0.3, -0.25) is 0 Å². The van der Waals surface area contributed by atoms with Crippen molar-refractivity contribution < 1.29 is 0 Å². The number of benzene rings is 1. The number of thiophene rings is 1. The maximum absolute atomic E-state index is 3.55. The normalized spacial score (nSPS) is 12.6. The summed E-state index contributed by atoms with van der Waals surface area (Å²) in [5, 5.41) is 3.40. The molecule has 2 rings (SSSR count). The Morgan fingerprint density at radius 3 is 2.50 bits per heavy atom. The van der Waals surface area contributed by atoms with E-state index in [-0.39, 0.29) is 0 Å². The van der Waals surface area contributed by atoms with Gasteiger partial charge >= 0.3 is 0 Å². The predicted molar refractivity (Wildman–Crippen MR) is 86.3 cm³/mol. The van der Waals surface area contributed by atoms with Crippen molar-refractivity contribution in [2.24, 2.45) is 0 Å². The lowest BCUT2D eigenvalue weighted by Gasteiger charge is -2.14. The summed E-state index contributed by atoms with van der Waals surface area (Å²) in [7, 11) is 2.02. The largest absolute Gasteiger partial charge is 0.312 e. The van der Waals surface area contributed by atoms with Gasteiger partial charge in [-0.2, -0.15) is 0 Å². The van der Waals surface area contributed by atoms with Gasteiger partial charge < -0.3 is 5.32 Å². The van der Waals surface area contributed by atoms with Crippen molar-refractivity contribution in [1.82, 2.24) is 5.32 Å². The summed E-state index contributed by atoms with van der Waals surface area (Å²) in [6.45, 7) is 0.